The predicted molar refractivity (Wildman–Crippen MR) is 254 cm³/mol. The molecule has 57 heavy (non-hydrogen) atoms. The van der Waals surface area contributed by atoms with Gasteiger partial charge in [-0.3, -0.25) is 19.4 Å². The van der Waals surface area contributed by atoms with Crippen LogP contribution in [0.25, 0.3) is 0 Å². The van der Waals surface area contributed by atoms with Gasteiger partial charge in [-0.1, -0.05) is 239 Å². The highest BCUT2D eigenvalue weighted by Gasteiger charge is 2.11. The van der Waals surface area contributed by atoms with Crippen LogP contribution in [0.1, 0.15) is 278 Å². The first-order chi connectivity index (χ1) is 27.7. The van der Waals surface area contributed by atoms with Gasteiger partial charge in [-0.05, 0) is 54.4 Å². The molecule has 0 radical (unpaired) electrons. The summed E-state index contributed by atoms with van der Waals surface area (Å²) in [5.41, 5.74) is 0. The van der Waals surface area contributed by atoms with Crippen molar-refractivity contribution in [3.8, 4) is 0 Å². The van der Waals surface area contributed by atoms with Gasteiger partial charge in [0.15, 0.2) is 0 Å². The second-order valence-corrected chi connectivity index (χ2v) is 18.2. The van der Waals surface area contributed by atoms with Gasteiger partial charge in [0.05, 0.1) is 12.3 Å². The Labute approximate surface area is 359 Å². The minimum atomic E-state index is 0.128. The maximum Gasteiger partial charge on any atom is 0.221 e. The molecular formula is C51H106N4O2. The molecule has 0 saturated carbocycles. The molecule has 0 fully saturated rings. The van der Waals surface area contributed by atoms with Crippen molar-refractivity contribution in [1.29, 1.82) is 0 Å². The third kappa shape index (κ3) is 47.4. The molecule has 0 aliphatic rings. The lowest BCUT2D eigenvalue weighted by atomic mass is 10.0. The molecule has 342 valence electrons. The van der Waals surface area contributed by atoms with E-state index in [-0.39, 0.29) is 24.1 Å². The Bertz CT molecular complexity index is 804. The van der Waals surface area contributed by atoms with Crippen LogP contribution < -0.4 is 10.6 Å². The highest BCUT2D eigenvalue weighted by atomic mass is 16.2. The highest BCUT2D eigenvalue weighted by molar-refractivity contribution is 5.76. The zero-order valence-corrected chi connectivity index (χ0v) is 40.4. The predicted octanol–water partition coefficient (Wildman–Crippen LogP) is 15.3. The first-order valence-electron chi connectivity index (χ1n) is 25.6. The van der Waals surface area contributed by atoms with Crippen LogP contribution in [0, 0.1) is 0 Å². The van der Waals surface area contributed by atoms with Crippen LogP contribution in [0.2, 0.25) is 0 Å². The van der Waals surface area contributed by atoms with E-state index in [0.717, 1.165) is 19.3 Å². The van der Waals surface area contributed by atoms with E-state index >= 15 is 0 Å². The van der Waals surface area contributed by atoms with Crippen LogP contribution in [0.15, 0.2) is 0 Å². The van der Waals surface area contributed by atoms with Gasteiger partial charge in [-0.15, -0.1) is 0 Å². The molecule has 6 nitrogen and oxygen atoms in total. The van der Waals surface area contributed by atoms with Gasteiger partial charge in [0.25, 0.3) is 0 Å². The minimum absolute atomic E-state index is 0.128. The fraction of sp³-hybridized carbons (Fsp3) is 0.961. The van der Waals surface area contributed by atoms with Crippen molar-refractivity contribution in [3.63, 3.8) is 0 Å². The van der Waals surface area contributed by atoms with Gasteiger partial charge in [0, 0.05) is 12.8 Å². The lowest BCUT2D eigenvalue weighted by Gasteiger charge is -2.23. The zero-order chi connectivity index (χ0) is 42.5. The topological polar surface area (TPSA) is 64.7 Å². The van der Waals surface area contributed by atoms with Crippen molar-refractivity contribution >= 4 is 11.8 Å². The van der Waals surface area contributed by atoms with Gasteiger partial charge in [0.2, 0.25) is 11.8 Å². The zero-order valence-electron chi connectivity index (χ0n) is 40.4. The van der Waals surface area contributed by atoms with Crippen LogP contribution in [0.4, 0.5) is 0 Å². The van der Waals surface area contributed by atoms with Crippen molar-refractivity contribution in [2.75, 3.05) is 28.2 Å². The van der Waals surface area contributed by atoms with E-state index in [4.69, 9.17) is 0 Å². The molecule has 0 aromatic rings. The van der Waals surface area contributed by atoms with Crippen molar-refractivity contribution in [3.05, 3.63) is 0 Å². The molecule has 0 rings (SSSR count). The molecule has 0 spiro atoms. The van der Waals surface area contributed by atoms with Gasteiger partial charge < -0.3 is 10.6 Å². The van der Waals surface area contributed by atoms with Crippen LogP contribution >= 0.6 is 0 Å². The van der Waals surface area contributed by atoms with E-state index in [1.807, 2.05) is 40.0 Å². The maximum atomic E-state index is 11.9. The Morgan fingerprint density at radius 1 is 0.351 bits per heavy atom. The number of hydrogen-bond acceptors (Lipinski definition) is 4. The molecule has 0 bridgehead atoms. The van der Waals surface area contributed by atoms with E-state index in [9.17, 15) is 9.59 Å². The molecular weight excluding hydrogens is 701 g/mol. The third-order valence-electron chi connectivity index (χ3n) is 12.0. The molecule has 0 aromatic heterocycles. The summed E-state index contributed by atoms with van der Waals surface area (Å²) in [6.07, 6.45) is 52.4. The Kier molecular flexibility index (Phi) is 48.3. The lowest BCUT2D eigenvalue weighted by molar-refractivity contribution is -0.123. The van der Waals surface area contributed by atoms with E-state index in [0.29, 0.717) is 12.8 Å². The van der Waals surface area contributed by atoms with Crippen LogP contribution in [0.5, 0.6) is 0 Å². The summed E-state index contributed by atoms with van der Waals surface area (Å²) >= 11 is 0. The summed E-state index contributed by atoms with van der Waals surface area (Å²) < 4.78 is 0. The van der Waals surface area contributed by atoms with Gasteiger partial charge in [-0.2, -0.15) is 0 Å². The Morgan fingerprint density at radius 2 is 0.579 bits per heavy atom. The van der Waals surface area contributed by atoms with Crippen molar-refractivity contribution in [2.24, 2.45) is 0 Å². The van der Waals surface area contributed by atoms with Gasteiger partial charge in [-0.25, -0.2) is 0 Å². The van der Waals surface area contributed by atoms with E-state index < -0.39 is 0 Å². The third-order valence-corrected chi connectivity index (χ3v) is 12.0. The van der Waals surface area contributed by atoms with E-state index in [1.54, 1.807) is 0 Å². The number of hydrogen-bond donors (Lipinski definition) is 2. The Hall–Kier alpha value is -1.14. The highest BCUT2D eigenvalue weighted by Crippen LogP contribution is 2.16. The van der Waals surface area contributed by atoms with Gasteiger partial charge in [0.1, 0.15) is 0 Å². The smallest absolute Gasteiger partial charge is 0.221 e. The molecule has 2 N–H and O–H groups in total. The second-order valence-electron chi connectivity index (χ2n) is 18.2. The monoisotopic (exact) mass is 807 g/mol. The average Bonchev–Trinajstić information content (AvgIpc) is 3.19. The van der Waals surface area contributed by atoms with Crippen LogP contribution in [-0.4, -0.2) is 62.1 Å². The summed E-state index contributed by atoms with van der Waals surface area (Å²) in [4.78, 5) is 27.8. The molecule has 2 amide bonds. The molecule has 2 unspecified atom stereocenters. The van der Waals surface area contributed by atoms with E-state index in [2.05, 4.69) is 36.3 Å². The quantitative estimate of drug-likeness (QED) is 0.0476. The summed E-state index contributed by atoms with van der Waals surface area (Å²) in [6, 6.07) is 0. The van der Waals surface area contributed by atoms with Crippen molar-refractivity contribution in [2.45, 2.75) is 290 Å². The second kappa shape index (κ2) is 47.5. The summed E-state index contributed by atoms with van der Waals surface area (Å²) in [5.74, 6) is 0.402. The number of rotatable bonds is 43. The summed E-state index contributed by atoms with van der Waals surface area (Å²) in [5, 5.41) is 6.13. The minimum Gasteiger partial charge on any atom is -0.341 e. The molecule has 0 aromatic carbocycles. The first-order valence-corrected chi connectivity index (χ1v) is 25.6. The molecule has 2 atom stereocenters. The van der Waals surface area contributed by atoms with Gasteiger partial charge >= 0.3 is 0 Å². The first kappa shape index (κ1) is 58.0. The number of amides is 2. The standard InChI is InChI=1S/C26H54N2O.C25H52N2O/c1-5-6-7-8-9-10-11-12-13-14-15-16-17-18-19-20-21-22-23-24-26(29)27-25(2)28(3)4;1-5-7-8-9-10-11-12-13-14-15-16-17-18-19-20-21-22-23-25(28)26-24(6-2)27(3)4/h25H,5-24H2,1-4H3,(H,27,29);24H,5-23H2,1-4H3,(H,26,28). The summed E-state index contributed by atoms with van der Waals surface area (Å²) in [7, 11) is 8.01. The fourth-order valence-corrected chi connectivity index (χ4v) is 7.66. The van der Waals surface area contributed by atoms with Crippen molar-refractivity contribution in [1.82, 2.24) is 20.4 Å². The fourth-order valence-electron chi connectivity index (χ4n) is 7.66. The number of nitrogens with one attached hydrogen (secondary N) is 2. The lowest BCUT2D eigenvalue weighted by Crippen LogP contribution is -2.44. The van der Waals surface area contributed by atoms with Crippen LogP contribution in [0.3, 0.4) is 0 Å². The largest absolute Gasteiger partial charge is 0.341 e. The molecule has 0 saturated heterocycles. The van der Waals surface area contributed by atoms with E-state index in [1.165, 1.54) is 218 Å². The molecule has 6 heteroatoms. The average molecular weight is 807 g/mol. The molecule has 0 heterocycles. The number of nitrogens with zero attached hydrogens (tertiary/aromatic N) is 2. The van der Waals surface area contributed by atoms with Crippen molar-refractivity contribution < 1.29 is 9.59 Å². The normalized spacial score (nSPS) is 12.5. The number of carbonyl (C=O) groups excluding carboxylic acids is 2. The Morgan fingerprint density at radius 3 is 0.789 bits per heavy atom. The van der Waals surface area contributed by atoms with Crippen LogP contribution in [-0.2, 0) is 9.59 Å². The SMILES string of the molecule is CCCCCCCCCCCCCCCCCCCC(=O)NC(CC)N(C)C.CCCCCCCCCCCCCCCCCCCCCC(=O)NC(C)N(C)C. The molecule has 0 aliphatic carbocycles. The Balaban J connectivity index is 0. The summed E-state index contributed by atoms with van der Waals surface area (Å²) in [6.45, 7) is 8.71. The molecule has 0 aliphatic heterocycles. The maximum absolute atomic E-state index is 11.9. The number of carbonyl (C=O) groups is 2. The number of unbranched alkanes of at least 4 members (excludes halogenated alkanes) is 34.